The van der Waals surface area contributed by atoms with Crippen LogP contribution in [0.15, 0.2) is 0 Å². The summed E-state index contributed by atoms with van der Waals surface area (Å²) in [5.41, 5.74) is 0. The molecule has 134 valence electrons. The van der Waals surface area contributed by atoms with E-state index in [4.69, 9.17) is 4.74 Å². The summed E-state index contributed by atoms with van der Waals surface area (Å²) in [6.45, 7) is 1.40. The van der Waals surface area contributed by atoms with Crippen LogP contribution in [0.5, 0.6) is 0 Å². The lowest BCUT2D eigenvalue weighted by molar-refractivity contribution is -0.169. The molecule has 0 unspecified atom stereocenters. The van der Waals surface area contributed by atoms with Crippen LogP contribution in [0.2, 0.25) is 0 Å². The molecule has 0 aromatic carbocycles. The molecule has 1 N–H and O–H groups in total. The Balaban J connectivity index is 2.35. The third-order valence-electron chi connectivity index (χ3n) is 4.47. The first-order valence-corrected chi connectivity index (χ1v) is 8.06. The third-order valence-corrected chi connectivity index (χ3v) is 4.47. The topological polar surface area (TPSA) is 72.8 Å². The van der Waals surface area contributed by atoms with E-state index in [1.807, 2.05) is 0 Å². The van der Waals surface area contributed by atoms with Crippen LogP contribution in [0.4, 0.5) is 8.78 Å². The molecule has 0 bridgehead atoms. The van der Waals surface area contributed by atoms with Gasteiger partial charge in [-0.3, -0.25) is 4.79 Å². The highest BCUT2D eigenvalue weighted by Crippen LogP contribution is 2.37. The number of ether oxygens (including phenoxy) is 2. The highest BCUT2D eigenvalue weighted by Gasteiger charge is 2.39. The van der Waals surface area contributed by atoms with Gasteiger partial charge in [0, 0.05) is 25.9 Å². The van der Waals surface area contributed by atoms with Gasteiger partial charge in [-0.1, -0.05) is 12.8 Å². The summed E-state index contributed by atoms with van der Waals surface area (Å²) in [6, 6.07) is 0. The van der Waals surface area contributed by atoms with Crippen LogP contribution in [0.25, 0.3) is 0 Å². The lowest BCUT2D eigenvalue weighted by Crippen LogP contribution is -2.29. The number of aliphatic hydroxyl groups is 1. The number of alkyl halides is 2. The number of carbonyl (C=O) groups is 2. The van der Waals surface area contributed by atoms with Gasteiger partial charge >= 0.3 is 17.9 Å². The Hall–Kier alpha value is -1.24. The molecular weight excluding hydrogens is 310 g/mol. The summed E-state index contributed by atoms with van der Waals surface area (Å²) in [4.78, 5) is 22.0. The molecule has 0 heterocycles. The van der Waals surface area contributed by atoms with E-state index < -0.39 is 18.3 Å². The van der Waals surface area contributed by atoms with E-state index in [9.17, 15) is 23.5 Å². The zero-order valence-corrected chi connectivity index (χ0v) is 13.7. The quantitative estimate of drug-likeness (QED) is 0.518. The molecule has 1 rings (SSSR count). The number of hydrogen-bond acceptors (Lipinski definition) is 5. The van der Waals surface area contributed by atoms with Crippen molar-refractivity contribution in [3.05, 3.63) is 0 Å². The van der Waals surface area contributed by atoms with Crippen LogP contribution in [0.1, 0.15) is 51.9 Å². The number of halogens is 2. The summed E-state index contributed by atoms with van der Waals surface area (Å²) in [7, 11) is 0.945. The molecule has 3 atom stereocenters. The molecule has 0 aromatic heterocycles. The van der Waals surface area contributed by atoms with Gasteiger partial charge in [0.15, 0.2) is 0 Å². The largest absolute Gasteiger partial charge is 0.465 e. The predicted molar refractivity (Wildman–Crippen MR) is 78.9 cm³/mol. The van der Waals surface area contributed by atoms with Gasteiger partial charge in [-0.2, -0.15) is 8.78 Å². The molecule has 0 amide bonds. The normalized spacial score (nSPS) is 24.5. The Kier molecular flexibility index (Phi) is 7.88. The molecule has 23 heavy (non-hydrogen) atoms. The van der Waals surface area contributed by atoms with Crippen LogP contribution in [0.3, 0.4) is 0 Å². The summed E-state index contributed by atoms with van der Waals surface area (Å²) in [5, 5.41) is 9.39. The smallest absolute Gasteiger partial charge is 0.376 e. The van der Waals surface area contributed by atoms with E-state index in [1.54, 1.807) is 0 Å². The van der Waals surface area contributed by atoms with E-state index in [1.165, 1.54) is 6.92 Å². The van der Waals surface area contributed by atoms with Gasteiger partial charge in [0.1, 0.15) is 6.10 Å². The van der Waals surface area contributed by atoms with E-state index in [2.05, 4.69) is 4.74 Å². The lowest BCUT2D eigenvalue weighted by Gasteiger charge is -2.23. The molecule has 1 saturated carbocycles. The first-order chi connectivity index (χ1) is 10.8. The van der Waals surface area contributed by atoms with E-state index in [0.29, 0.717) is 19.3 Å². The Bertz CT molecular complexity index is 400. The van der Waals surface area contributed by atoms with Gasteiger partial charge in [0.05, 0.1) is 7.11 Å². The van der Waals surface area contributed by atoms with Crippen LogP contribution in [-0.2, 0) is 19.1 Å². The van der Waals surface area contributed by atoms with Gasteiger partial charge in [-0.05, 0) is 31.6 Å². The van der Waals surface area contributed by atoms with Crippen molar-refractivity contribution in [3.63, 3.8) is 0 Å². The van der Waals surface area contributed by atoms with Gasteiger partial charge in [-0.25, -0.2) is 4.79 Å². The van der Waals surface area contributed by atoms with Gasteiger partial charge in [0.25, 0.3) is 0 Å². The number of hydrogen-bond donors (Lipinski definition) is 1. The van der Waals surface area contributed by atoms with Crippen molar-refractivity contribution in [2.75, 3.05) is 13.7 Å². The van der Waals surface area contributed by atoms with Crippen molar-refractivity contribution in [1.29, 1.82) is 0 Å². The molecule has 7 heteroatoms. The SMILES string of the molecule is COC(=O)C(F)(F)CCCCC[C@@H]1[C@@H](CO)CC[C@@H]1OC(C)=O. The fourth-order valence-corrected chi connectivity index (χ4v) is 3.27. The zero-order chi connectivity index (χ0) is 17.5. The highest BCUT2D eigenvalue weighted by atomic mass is 19.3. The molecule has 0 aliphatic heterocycles. The fourth-order valence-electron chi connectivity index (χ4n) is 3.27. The van der Waals surface area contributed by atoms with E-state index in [0.717, 1.165) is 20.0 Å². The van der Waals surface area contributed by atoms with Gasteiger partial charge in [-0.15, -0.1) is 0 Å². The minimum atomic E-state index is -3.43. The molecule has 0 spiro atoms. The number of carbonyl (C=O) groups excluding carboxylic acids is 2. The highest BCUT2D eigenvalue weighted by molar-refractivity contribution is 5.77. The summed E-state index contributed by atoms with van der Waals surface area (Å²) >= 11 is 0. The zero-order valence-electron chi connectivity index (χ0n) is 13.7. The van der Waals surface area contributed by atoms with Crippen LogP contribution < -0.4 is 0 Å². The molecule has 0 saturated heterocycles. The molecule has 1 aliphatic rings. The molecule has 0 radical (unpaired) electrons. The third kappa shape index (κ3) is 6.05. The van der Waals surface area contributed by atoms with Crippen molar-refractivity contribution in [3.8, 4) is 0 Å². The van der Waals surface area contributed by atoms with Gasteiger partial charge < -0.3 is 14.6 Å². The lowest BCUT2D eigenvalue weighted by atomic mass is 9.89. The monoisotopic (exact) mass is 336 g/mol. The summed E-state index contributed by atoms with van der Waals surface area (Å²) in [5.74, 6) is -5.10. The summed E-state index contributed by atoms with van der Waals surface area (Å²) < 4.78 is 36.0. The molecule has 0 aromatic rings. The number of unbranched alkanes of at least 4 members (excludes halogenated alkanes) is 2. The van der Waals surface area contributed by atoms with Gasteiger partial charge in [0.2, 0.25) is 0 Å². The Morgan fingerprint density at radius 3 is 2.48 bits per heavy atom. The number of esters is 2. The Labute approximate surface area is 135 Å². The second-order valence-electron chi connectivity index (χ2n) is 6.13. The van der Waals surface area contributed by atoms with Crippen molar-refractivity contribution in [2.45, 2.75) is 63.9 Å². The first kappa shape index (κ1) is 19.8. The van der Waals surface area contributed by atoms with E-state index in [-0.39, 0.29) is 36.9 Å². The molecular formula is C16H26F2O5. The second-order valence-corrected chi connectivity index (χ2v) is 6.13. The molecule has 5 nitrogen and oxygen atoms in total. The minimum Gasteiger partial charge on any atom is -0.465 e. The molecule has 1 fully saturated rings. The number of rotatable bonds is 9. The van der Waals surface area contributed by atoms with Crippen LogP contribution >= 0.6 is 0 Å². The van der Waals surface area contributed by atoms with Crippen molar-refractivity contribution >= 4 is 11.9 Å². The number of methoxy groups -OCH3 is 1. The maximum Gasteiger partial charge on any atom is 0.376 e. The van der Waals surface area contributed by atoms with Crippen molar-refractivity contribution in [2.24, 2.45) is 11.8 Å². The standard InChI is InChI=1S/C16H26F2O5/c1-11(20)23-14-8-7-12(10-19)13(14)6-4-3-5-9-16(17,18)15(21)22-2/h12-14,19H,3-10H2,1-2H3/t12-,13-,14+/m1/s1. The van der Waals surface area contributed by atoms with Crippen molar-refractivity contribution < 1.29 is 33.0 Å². The maximum absolute atomic E-state index is 13.3. The van der Waals surface area contributed by atoms with Crippen molar-refractivity contribution in [1.82, 2.24) is 0 Å². The Morgan fingerprint density at radius 2 is 1.91 bits per heavy atom. The molecule has 1 aliphatic carbocycles. The average Bonchev–Trinajstić information content (AvgIpc) is 2.87. The predicted octanol–water partition coefficient (Wildman–Crippen LogP) is 2.70. The maximum atomic E-state index is 13.3. The fraction of sp³-hybridized carbons (Fsp3) is 0.875. The summed E-state index contributed by atoms with van der Waals surface area (Å²) in [6.07, 6.45) is 2.99. The van der Waals surface area contributed by atoms with Crippen LogP contribution in [-0.4, -0.2) is 42.8 Å². The second kappa shape index (κ2) is 9.15. The average molecular weight is 336 g/mol. The first-order valence-electron chi connectivity index (χ1n) is 8.06. The number of aliphatic hydroxyl groups excluding tert-OH is 1. The van der Waals surface area contributed by atoms with Crippen LogP contribution in [0, 0.1) is 11.8 Å². The van der Waals surface area contributed by atoms with E-state index >= 15 is 0 Å². The minimum absolute atomic E-state index is 0.0445. The Morgan fingerprint density at radius 1 is 1.22 bits per heavy atom.